The number of alkyl halides is 3. The van der Waals surface area contributed by atoms with E-state index in [1.165, 1.54) is 19.1 Å². The number of carbonyl (C=O) groups excluding carboxylic acids is 1. The Bertz CT molecular complexity index is 387. The zero-order valence-corrected chi connectivity index (χ0v) is 12.5. The number of nitrogens with one attached hydrogen (secondary N) is 1. The summed E-state index contributed by atoms with van der Waals surface area (Å²) in [5, 5.41) is 2.52. The minimum Gasteiger partial charge on any atom is -0.357 e. The number of amides is 1. The fraction of sp³-hybridized carbons (Fsp3) is 0.533. The minimum absolute atomic E-state index is 0.166. The van der Waals surface area contributed by atoms with Gasteiger partial charge in [-0.25, -0.2) is 0 Å². The van der Waals surface area contributed by atoms with Crippen molar-refractivity contribution in [3.05, 3.63) is 36.0 Å². The van der Waals surface area contributed by atoms with Crippen molar-refractivity contribution in [2.45, 2.75) is 26.4 Å². The van der Waals surface area contributed by atoms with Crippen molar-refractivity contribution in [2.75, 3.05) is 26.2 Å². The van der Waals surface area contributed by atoms with Crippen molar-refractivity contribution in [3.8, 4) is 0 Å². The summed E-state index contributed by atoms with van der Waals surface area (Å²) in [7, 11) is 0. The van der Waals surface area contributed by atoms with E-state index >= 15 is 0 Å². The average molecular weight is 304 g/mol. The van der Waals surface area contributed by atoms with Crippen LogP contribution in [0.3, 0.4) is 0 Å². The Morgan fingerprint density at radius 3 is 2.43 bits per heavy atom. The number of carbonyl (C=O) groups is 1. The molecule has 0 saturated carbocycles. The molecule has 0 radical (unpaired) electrons. The Labute approximate surface area is 124 Å². The molecule has 0 bridgehead atoms. The van der Waals surface area contributed by atoms with E-state index < -0.39 is 11.7 Å². The van der Waals surface area contributed by atoms with Crippen molar-refractivity contribution >= 4 is 6.41 Å². The molecule has 0 rings (SSSR count). The van der Waals surface area contributed by atoms with Crippen LogP contribution < -0.4 is 5.32 Å². The van der Waals surface area contributed by atoms with E-state index in [1.807, 2.05) is 11.8 Å². The molecular weight excluding hydrogens is 281 g/mol. The predicted molar refractivity (Wildman–Crippen MR) is 78.9 cm³/mol. The second-order valence-electron chi connectivity index (χ2n) is 4.48. The lowest BCUT2D eigenvalue weighted by atomic mass is 10.0. The third-order valence-corrected chi connectivity index (χ3v) is 2.85. The summed E-state index contributed by atoms with van der Waals surface area (Å²) in [6, 6.07) is 0. The molecule has 6 heteroatoms. The Kier molecular flexibility index (Phi) is 9.45. The average Bonchev–Trinajstić information content (AvgIpc) is 2.38. The summed E-state index contributed by atoms with van der Waals surface area (Å²) in [4.78, 5) is 12.1. The van der Waals surface area contributed by atoms with Crippen molar-refractivity contribution in [1.29, 1.82) is 0 Å². The van der Waals surface area contributed by atoms with Crippen LogP contribution in [0.1, 0.15) is 20.3 Å². The molecule has 21 heavy (non-hydrogen) atoms. The highest BCUT2D eigenvalue weighted by Crippen LogP contribution is 2.31. The van der Waals surface area contributed by atoms with Gasteiger partial charge in [-0.15, -0.1) is 0 Å². The summed E-state index contributed by atoms with van der Waals surface area (Å²) in [6.07, 6.45) is 0.833. The van der Waals surface area contributed by atoms with Crippen LogP contribution in [0.15, 0.2) is 36.0 Å². The van der Waals surface area contributed by atoms with E-state index in [0.717, 1.165) is 12.5 Å². The molecule has 0 aliphatic rings. The van der Waals surface area contributed by atoms with Crippen molar-refractivity contribution in [3.63, 3.8) is 0 Å². The van der Waals surface area contributed by atoms with Crippen LogP contribution >= 0.6 is 0 Å². The third kappa shape index (κ3) is 7.70. The Morgan fingerprint density at radius 1 is 1.33 bits per heavy atom. The summed E-state index contributed by atoms with van der Waals surface area (Å²) in [5.74, 6) is 0. The lowest BCUT2D eigenvalue weighted by molar-refractivity contribution is -0.109. The summed E-state index contributed by atoms with van der Waals surface area (Å²) in [5.41, 5.74) is -0.466. The molecular formula is C15H23F3N2O. The van der Waals surface area contributed by atoms with Gasteiger partial charge in [-0.1, -0.05) is 31.7 Å². The molecule has 0 aliphatic heterocycles. The van der Waals surface area contributed by atoms with Gasteiger partial charge in [0.25, 0.3) is 0 Å². The standard InChI is InChI=1S/C15H23F3N2O/c1-4-7-13(14(6-3)15(16,17)18)11-20(9-5-2)10-8-19-12-21/h4,6-7,12H,1,5,8-11H2,2-3H3,(H,19,21)/b13-7-,14-6+. The Morgan fingerprint density at radius 2 is 2.00 bits per heavy atom. The van der Waals surface area contributed by atoms with Crippen LogP contribution in [-0.4, -0.2) is 43.7 Å². The zero-order chi connectivity index (χ0) is 16.3. The van der Waals surface area contributed by atoms with Crippen molar-refractivity contribution in [2.24, 2.45) is 0 Å². The Balaban J connectivity index is 5.05. The molecule has 0 unspecified atom stereocenters. The van der Waals surface area contributed by atoms with Crippen LogP contribution in [0.25, 0.3) is 0 Å². The molecule has 0 aromatic rings. The summed E-state index contributed by atoms with van der Waals surface area (Å²) in [6.45, 7) is 8.53. The molecule has 0 aliphatic carbocycles. The number of rotatable bonds is 10. The first kappa shape index (κ1) is 19.4. The number of hydrogen-bond acceptors (Lipinski definition) is 2. The van der Waals surface area contributed by atoms with Gasteiger partial charge in [-0.3, -0.25) is 9.69 Å². The van der Waals surface area contributed by atoms with Crippen LogP contribution in [0.4, 0.5) is 13.2 Å². The fourth-order valence-electron chi connectivity index (χ4n) is 2.01. The molecule has 0 aromatic carbocycles. The topological polar surface area (TPSA) is 32.3 Å². The molecule has 0 saturated heterocycles. The van der Waals surface area contributed by atoms with Crippen molar-refractivity contribution < 1.29 is 18.0 Å². The maximum absolute atomic E-state index is 13.0. The summed E-state index contributed by atoms with van der Waals surface area (Å²) >= 11 is 0. The second kappa shape index (κ2) is 10.2. The highest BCUT2D eigenvalue weighted by molar-refractivity contribution is 5.45. The monoisotopic (exact) mass is 304 g/mol. The quantitative estimate of drug-likeness (QED) is 0.382. The molecule has 0 aromatic heterocycles. The first-order valence-electron chi connectivity index (χ1n) is 6.85. The fourth-order valence-corrected chi connectivity index (χ4v) is 2.01. The zero-order valence-electron chi connectivity index (χ0n) is 12.5. The van der Waals surface area contributed by atoms with E-state index in [4.69, 9.17) is 0 Å². The van der Waals surface area contributed by atoms with E-state index in [9.17, 15) is 18.0 Å². The van der Waals surface area contributed by atoms with Gasteiger partial charge in [-0.2, -0.15) is 13.2 Å². The van der Waals surface area contributed by atoms with Gasteiger partial charge in [0.2, 0.25) is 6.41 Å². The number of allylic oxidation sites excluding steroid dienone is 3. The lowest BCUT2D eigenvalue weighted by Crippen LogP contribution is -2.35. The van der Waals surface area contributed by atoms with E-state index in [1.54, 1.807) is 0 Å². The molecule has 0 heterocycles. The highest BCUT2D eigenvalue weighted by Gasteiger charge is 2.35. The minimum atomic E-state index is -4.39. The van der Waals surface area contributed by atoms with E-state index in [-0.39, 0.29) is 12.1 Å². The molecule has 3 nitrogen and oxygen atoms in total. The SMILES string of the molecule is C=C/C=C(CN(CCC)CCNC=O)\C(=C/C)C(F)(F)F. The molecule has 0 fully saturated rings. The van der Waals surface area contributed by atoms with E-state index in [0.29, 0.717) is 26.0 Å². The summed E-state index contributed by atoms with van der Waals surface area (Å²) < 4.78 is 39.0. The van der Waals surface area contributed by atoms with Gasteiger partial charge < -0.3 is 5.32 Å². The van der Waals surface area contributed by atoms with Crippen LogP contribution in [0.5, 0.6) is 0 Å². The number of hydrogen-bond donors (Lipinski definition) is 1. The largest absolute Gasteiger partial charge is 0.416 e. The van der Waals surface area contributed by atoms with Gasteiger partial charge in [0, 0.05) is 19.6 Å². The van der Waals surface area contributed by atoms with Crippen LogP contribution in [-0.2, 0) is 4.79 Å². The van der Waals surface area contributed by atoms with Gasteiger partial charge in [-0.05, 0) is 25.5 Å². The Hall–Kier alpha value is -1.56. The van der Waals surface area contributed by atoms with Gasteiger partial charge in [0.05, 0.1) is 5.57 Å². The lowest BCUT2D eigenvalue weighted by Gasteiger charge is -2.25. The maximum Gasteiger partial charge on any atom is 0.416 e. The van der Waals surface area contributed by atoms with Crippen molar-refractivity contribution in [1.82, 2.24) is 10.2 Å². The molecule has 120 valence electrons. The van der Waals surface area contributed by atoms with Crippen LogP contribution in [0.2, 0.25) is 0 Å². The smallest absolute Gasteiger partial charge is 0.357 e. The number of nitrogens with zero attached hydrogens (tertiary/aromatic N) is 1. The van der Waals surface area contributed by atoms with Gasteiger partial charge in [0.15, 0.2) is 0 Å². The maximum atomic E-state index is 13.0. The molecule has 0 spiro atoms. The third-order valence-electron chi connectivity index (χ3n) is 2.85. The normalized spacial score (nSPS) is 13.4. The molecule has 1 N–H and O–H groups in total. The first-order valence-corrected chi connectivity index (χ1v) is 6.85. The van der Waals surface area contributed by atoms with Gasteiger partial charge in [0.1, 0.15) is 0 Å². The second-order valence-corrected chi connectivity index (χ2v) is 4.48. The van der Waals surface area contributed by atoms with Gasteiger partial charge >= 0.3 is 6.18 Å². The van der Waals surface area contributed by atoms with E-state index in [2.05, 4.69) is 11.9 Å². The molecule has 0 atom stereocenters. The first-order chi connectivity index (χ1) is 9.90. The number of halogens is 3. The predicted octanol–water partition coefficient (Wildman–Crippen LogP) is 3.07. The molecule has 1 amide bonds. The highest BCUT2D eigenvalue weighted by atomic mass is 19.4. The van der Waals surface area contributed by atoms with Crippen LogP contribution in [0, 0.1) is 0 Å².